The average molecular weight is 402 g/mol. The van der Waals surface area contributed by atoms with E-state index in [9.17, 15) is 9.18 Å². The molecule has 1 saturated heterocycles. The van der Waals surface area contributed by atoms with Crippen LogP contribution in [0.1, 0.15) is 12.8 Å². The third-order valence-corrected chi connectivity index (χ3v) is 5.43. The maximum Gasteiger partial charge on any atom is 0.266 e. The molecule has 0 bridgehead atoms. The molecule has 0 N–H and O–H groups in total. The Labute approximate surface area is 171 Å². The number of pyridine rings is 1. The van der Waals surface area contributed by atoms with Crippen molar-refractivity contribution >= 4 is 16.7 Å². The van der Waals surface area contributed by atoms with E-state index in [0.717, 1.165) is 36.2 Å². The molecule has 1 aromatic carbocycles. The monoisotopic (exact) mass is 402 g/mol. The topological polar surface area (TPSA) is 76.8 Å². The van der Waals surface area contributed by atoms with Crippen LogP contribution in [-0.4, -0.2) is 37.3 Å². The van der Waals surface area contributed by atoms with Crippen LogP contribution in [-0.2, 0) is 6.54 Å². The summed E-state index contributed by atoms with van der Waals surface area (Å²) >= 11 is 0. The van der Waals surface area contributed by atoms with Gasteiger partial charge in [0.05, 0.1) is 23.8 Å². The first kappa shape index (κ1) is 18.4. The fourth-order valence-electron chi connectivity index (χ4n) is 4.00. The molecule has 1 atom stereocenters. The maximum atomic E-state index is 13.6. The molecule has 1 unspecified atom stereocenters. The average Bonchev–Trinajstić information content (AvgIpc) is 3.23. The normalized spacial score (nSPS) is 16.3. The van der Waals surface area contributed by atoms with E-state index >= 15 is 0 Å². The number of hydrogen-bond donors (Lipinski definition) is 0. The summed E-state index contributed by atoms with van der Waals surface area (Å²) in [5, 5.41) is 5.36. The van der Waals surface area contributed by atoms with Gasteiger partial charge in [0.25, 0.3) is 5.56 Å². The van der Waals surface area contributed by atoms with Gasteiger partial charge in [-0.1, -0.05) is 0 Å². The summed E-state index contributed by atoms with van der Waals surface area (Å²) in [5.41, 5.74) is 1.98. The Morgan fingerprint density at radius 3 is 2.93 bits per heavy atom. The lowest BCUT2D eigenvalue weighted by molar-refractivity contribution is 0.489. The molecular formula is C22H19FN6O. The second kappa shape index (κ2) is 7.62. The molecule has 7 nitrogen and oxygen atoms in total. The Hall–Kier alpha value is -3.68. The molecule has 0 saturated carbocycles. The third kappa shape index (κ3) is 3.41. The SMILES string of the molecule is O=c1ccc(-c2cccnc2)nn1CC1CCCN1c1ncnc2cc(F)ccc12. The van der Waals surface area contributed by atoms with Gasteiger partial charge in [-0.2, -0.15) is 5.10 Å². The molecular weight excluding hydrogens is 383 g/mol. The Bertz CT molecular complexity index is 1260. The highest BCUT2D eigenvalue weighted by Crippen LogP contribution is 2.30. The van der Waals surface area contributed by atoms with Crippen LogP contribution in [0.2, 0.25) is 0 Å². The van der Waals surface area contributed by atoms with Crippen LogP contribution in [0.5, 0.6) is 0 Å². The molecule has 0 radical (unpaired) electrons. The van der Waals surface area contributed by atoms with E-state index < -0.39 is 0 Å². The molecule has 4 aromatic rings. The van der Waals surface area contributed by atoms with Crippen LogP contribution in [0.3, 0.4) is 0 Å². The molecule has 3 aromatic heterocycles. The predicted octanol–water partition coefficient (Wildman–Crippen LogP) is 3.06. The standard InChI is InChI=1S/C22H19FN6O/c23-16-5-6-18-20(11-16)25-14-26-22(18)28-10-2-4-17(28)13-29-21(30)8-7-19(27-29)15-3-1-9-24-12-15/h1,3,5-9,11-12,14,17H,2,4,10,13H2. The fraction of sp³-hybridized carbons (Fsp3) is 0.227. The number of anilines is 1. The molecule has 0 spiro atoms. The van der Waals surface area contributed by atoms with E-state index in [4.69, 9.17) is 0 Å². The van der Waals surface area contributed by atoms with Crippen molar-refractivity contribution in [1.82, 2.24) is 24.7 Å². The molecule has 5 rings (SSSR count). The van der Waals surface area contributed by atoms with E-state index in [-0.39, 0.29) is 17.4 Å². The van der Waals surface area contributed by atoms with Crippen molar-refractivity contribution < 1.29 is 4.39 Å². The van der Waals surface area contributed by atoms with Crippen LogP contribution >= 0.6 is 0 Å². The third-order valence-electron chi connectivity index (χ3n) is 5.43. The van der Waals surface area contributed by atoms with Crippen molar-refractivity contribution in [2.45, 2.75) is 25.4 Å². The van der Waals surface area contributed by atoms with Gasteiger partial charge in [-0.25, -0.2) is 19.0 Å². The second-order valence-electron chi connectivity index (χ2n) is 7.33. The van der Waals surface area contributed by atoms with Crippen LogP contribution in [0.4, 0.5) is 10.2 Å². The highest BCUT2D eigenvalue weighted by molar-refractivity contribution is 5.89. The van der Waals surface area contributed by atoms with Crippen LogP contribution in [0.15, 0.2) is 66.0 Å². The van der Waals surface area contributed by atoms with E-state index in [1.807, 2.05) is 12.1 Å². The van der Waals surface area contributed by atoms with Gasteiger partial charge in [0, 0.05) is 42.0 Å². The summed E-state index contributed by atoms with van der Waals surface area (Å²) in [6.07, 6.45) is 6.78. The largest absolute Gasteiger partial charge is 0.351 e. The fourth-order valence-corrected chi connectivity index (χ4v) is 4.00. The number of rotatable bonds is 4. The predicted molar refractivity (Wildman–Crippen MR) is 112 cm³/mol. The zero-order valence-electron chi connectivity index (χ0n) is 16.1. The molecule has 0 aliphatic carbocycles. The molecule has 30 heavy (non-hydrogen) atoms. The molecule has 150 valence electrons. The number of fused-ring (bicyclic) bond motifs is 1. The van der Waals surface area contributed by atoms with E-state index in [1.165, 1.54) is 29.2 Å². The summed E-state index contributed by atoms with van der Waals surface area (Å²) in [7, 11) is 0. The van der Waals surface area contributed by atoms with Gasteiger partial charge in [-0.05, 0) is 43.2 Å². The number of halogens is 1. The van der Waals surface area contributed by atoms with Crippen molar-refractivity contribution in [1.29, 1.82) is 0 Å². The minimum atomic E-state index is -0.326. The maximum absolute atomic E-state index is 13.6. The van der Waals surface area contributed by atoms with Gasteiger partial charge < -0.3 is 4.90 Å². The number of nitrogens with zero attached hydrogens (tertiary/aromatic N) is 6. The molecule has 1 aliphatic heterocycles. The minimum absolute atomic E-state index is 0.0579. The van der Waals surface area contributed by atoms with Crippen LogP contribution < -0.4 is 10.5 Å². The van der Waals surface area contributed by atoms with Gasteiger partial charge in [0.1, 0.15) is 18.0 Å². The van der Waals surface area contributed by atoms with Gasteiger partial charge >= 0.3 is 0 Å². The van der Waals surface area contributed by atoms with E-state index in [0.29, 0.717) is 17.8 Å². The lowest BCUT2D eigenvalue weighted by Crippen LogP contribution is -2.37. The molecule has 4 heterocycles. The minimum Gasteiger partial charge on any atom is -0.351 e. The zero-order chi connectivity index (χ0) is 20.5. The Morgan fingerprint density at radius 1 is 1.13 bits per heavy atom. The summed E-state index contributed by atoms with van der Waals surface area (Å²) in [6.45, 7) is 1.25. The second-order valence-corrected chi connectivity index (χ2v) is 7.33. The molecule has 1 aliphatic rings. The highest BCUT2D eigenvalue weighted by Gasteiger charge is 2.28. The lowest BCUT2D eigenvalue weighted by Gasteiger charge is -2.26. The molecule has 1 fully saturated rings. The molecule has 8 heteroatoms. The van der Waals surface area contributed by atoms with E-state index in [1.54, 1.807) is 24.5 Å². The van der Waals surface area contributed by atoms with Crippen molar-refractivity contribution in [2.75, 3.05) is 11.4 Å². The van der Waals surface area contributed by atoms with Gasteiger partial charge in [-0.15, -0.1) is 0 Å². The Kier molecular flexibility index (Phi) is 4.66. The number of aromatic nitrogens is 5. The van der Waals surface area contributed by atoms with Crippen molar-refractivity contribution in [3.8, 4) is 11.3 Å². The van der Waals surface area contributed by atoms with Crippen molar-refractivity contribution in [3.05, 3.63) is 77.4 Å². The van der Waals surface area contributed by atoms with E-state index in [2.05, 4.69) is 25.0 Å². The van der Waals surface area contributed by atoms with Crippen LogP contribution in [0, 0.1) is 5.82 Å². The first-order valence-corrected chi connectivity index (χ1v) is 9.84. The number of benzene rings is 1. The summed E-state index contributed by atoms with van der Waals surface area (Å²) in [5.74, 6) is 0.437. The highest BCUT2D eigenvalue weighted by atomic mass is 19.1. The quantitative estimate of drug-likeness (QED) is 0.522. The summed E-state index contributed by atoms with van der Waals surface area (Å²) in [6, 6.07) is 11.6. The lowest BCUT2D eigenvalue weighted by atomic mass is 10.2. The Morgan fingerprint density at radius 2 is 2.07 bits per heavy atom. The summed E-state index contributed by atoms with van der Waals surface area (Å²) < 4.78 is 15.1. The first-order valence-electron chi connectivity index (χ1n) is 9.84. The van der Waals surface area contributed by atoms with Gasteiger partial charge in [0.2, 0.25) is 0 Å². The smallest absolute Gasteiger partial charge is 0.266 e. The van der Waals surface area contributed by atoms with Crippen molar-refractivity contribution in [2.24, 2.45) is 0 Å². The molecule has 0 amide bonds. The zero-order valence-corrected chi connectivity index (χ0v) is 16.1. The number of hydrogen-bond acceptors (Lipinski definition) is 6. The van der Waals surface area contributed by atoms with Crippen molar-refractivity contribution in [3.63, 3.8) is 0 Å². The summed E-state index contributed by atoms with van der Waals surface area (Å²) in [4.78, 5) is 27.4. The van der Waals surface area contributed by atoms with Gasteiger partial charge in [-0.3, -0.25) is 9.78 Å². The Balaban J connectivity index is 1.48. The van der Waals surface area contributed by atoms with Gasteiger partial charge in [0.15, 0.2) is 0 Å². The first-order chi connectivity index (χ1) is 14.7. The van der Waals surface area contributed by atoms with Crippen LogP contribution in [0.25, 0.3) is 22.2 Å².